The van der Waals surface area contributed by atoms with Crippen LogP contribution in [0.3, 0.4) is 0 Å². The van der Waals surface area contributed by atoms with Crippen molar-refractivity contribution in [1.29, 1.82) is 0 Å². The van der Waals surface area contributed by atoms with E-state index in [1.54, 1.807) is 39.0 Å². The number of alkyl carbamates (subject to hydrolysis) is 1. The second kappa shape index (κ2) is 7.48. The summed E-state index contributed by atoms with van der Waals surface area (Å²) in [7, 11) is 0. The lowest BCUT2D eigenvalue weighted by Crippen LogP contribution is -2.34. The van der Waals surface area contributed by atoms with Gasteiger partial charge in [-0.15, -0.1) is 0 Å². The van der Waals surface area contributed by atoms with E-state index < -0.39 is 11.7 Å². The second-order valence-electron chi connectivity index (χ2n) is 5.97. The van der Waals surface area contributed by atoms with Gasteiger partial charge in [0.25, 0.3) is 0 Å². The Morgan fingerprint density at radius 1 is 1.26 bits per heavy atom. The first kappa shape index (κ1) is 18.3. The lowest BCUT2D eigenvalue weighted by atomic mass is 10.1. The lowest BCUT2D eigenvalue weighted by molar-refractivity contribution is 0.0508. The van der Waals surface area contributed by atoms with E-state index in [1.165, 1.54) is 0 Å². The molecule has 1 atom stereocenters. The average Bonchev–Trinajstić information content (AvgIpc) is 2.35. The molecule has 0 aliphatic rings. The predicted octanol–water partition coefficient (Wildman–Crippen LogP) is 1.49. The van der Waals surface area contributed by atoms with Crippen LogP contribution in [0.15, 0.2) is 34.3 Å². The number of carbonyl (C=O) groups is 1. The minimum atomic E-state index is -0.551. The molecule has 0 fully saturated rings. The van der Waals surface area contributed by atoms with Gasteiger partial charge in [-0.2, -0.15) is 4.99 Å². The molecule has 0 bridgehead atoms. The Balaban J connectivity index is 2.84. The zero-order chi connectivity index (χ0) is 17.6. The number of guanidine groups is 2. The molecular weight excluding hydrogens is 296 g/mol. The van der Waals surface area contributed by atoms with Crippen molar-refractivity contribution in [3.8, 4) is 0 Å². The molecule has 0 radical (unpaired) electrons. The van der Waals surface area contributed by atoms with Gasteiger partial charge in [-0.25, -0.2) is 9.79 Å². The van der Waals surface area contributed by atoms with Gasteiger partial charge in [0.2, 0.25) is 5.96 Å². The highest BCUT2D eigenvalue weighted by atomic mass is 16.6. The molecule has 0 saturated heterocycles. The maximum atomic E-state index is 11.8. The molecule has 0 aliphatic heterocycles. The molecule has 7 N–H and O–H groups in total. The molecule has 0 saturated carbocycles. The van der Waals surface area contributed by atoms with E-state index in [9.17, 15) is 4.79 Å². The van der Waals surface area contributed by atoms with E-state index in [0.29, 0.717) is 5.69 Å². The van der Waals surface area contributed by atoms with E-state index in [-0.39, 0.29) is 18.0 Å². The van der Waals surface area contributed by atoms with Crippen molar-refractivity contribution in [2.75, 3.05) is 0 Å². The van der Waals surface area contributed by atoms with Crippen LogP contribution in [0.4, 0.5) is 10.5 Å². The van der Waals surface area contributed by atoms with Gasteiger partial charge < -0.3 is 27.3 Å². The molecule has 0 aliphatic carbocycles. The Morgan fingerprint density at radius 3 is 2.48 bits per heavy atom. The number of hydrogen-bond donors (Lipinski definition) is 4. The number of ether oxygens (including phenoxy) is 1. The Hall–Kier alpha value is -2.77. The fraction of sp³-hybridized carbons (Fsp3) is 0.400. The van der Waals surface area contributed by atoms with E-state index >= 15 is 0 Å². The highest BCUT2D eigenvalue weighted by molar-refractivity contribution is 5.93. The van der Waals surface area contributed by atoms with Crippen molar-refractivity contribution in [3.63, 3.8) is 0 Å². The molecule has 126 valence electrons. The number of carbonyl (C=O) groups excluding carboxylic acids is 1. The van der Waals surface area contributed by atoms with Crippen LogP contribution in [0.2, 0.25) is 0 Å². The highest BCUT2D eigenvalue weighted by Crippen LogP contribution is 2.20. The van der Waals surface area contributed by atoms with Crippen LogP contribution in [-0.4, -0.2) is 23.6 Å². The van der Waals surface area contributed by atoms with Crippen molar-refractivity contribution >= 4 is 23.7 Å². The van der Waals surface area contributed by atoms with Gasteiger partial charge in [0, 0.05) is 0 Å². The van der Waals surface area contributed by atoms with Crippen molar-refractivity contribution in [3.05, 3.63) is 29.8 Å². The first-order chi connectivity index (χ1) is 10.6. The summed E-state index contributed by atoms with van der Waals surface area (Å²) >= 11 is 0. The molecule has 0 heterocycles. The zero-order valence-corrected chi connectivity index (χ0v) is 13.8. The third kappa shape index (κ3) is 7.16. The summed E-state index contributed by atoms with van der Waals surface area (Å²) < 4.78 is 5.23. The molecule has 0 spiro atoms. The lowest BCUT2D eigenvalue weighted by Gasteiger charge is -2.22. The van der Waals surface area contributed by atoms with Crippen LogP contribution in [0, 0.1) is 0 Å². The third-order valence-corrected chi connectivity index (χ3v) is 2.59. The highest BCUT2D eigenvalue weighted by Gasteiger charge is 2.18. The van der Waals surface area contributed by atoms with E-state index in [0.717, 1.165) is 5.56 Å². The minimum absolute atomic E-state index is 0.0464. The quantitative estimate of drug-likeness (QED) is 0.493. The third-order valence-electron chi connectivity index (χ3n) is 2.59. The maximum Gasteiger partial charge on any atom is 0.408 e. The van der Waals surface area contributed by atoms with Crippen LogP contribution < -0.4 is 22.5 Å². The molecule has 1 aromatic rings. The van der Waals surface area contributed by atoms with Crippen LogP contribution in [0.1, 0.15) is 39.3 Å². The number of nitrogens with zero attached hydrogens (tertiary/aromatic N) is 2. The number of amides is 1. The average molecular weight is 320 g/mol. The van der Waals surface area contributed by atoms with Gasteiger partial charge in [-0.3, -0.25) is 0 Å². The molecule has 1 amide bonds. The molecule has 1 unspecified atom stereocenters. The Kier molecular flexibility index (Phi) is 5.94. The van der Waals surface area contributed by atoms with E-state index in [4.69, 9.17) is 21.9 Å². The minimum Gasteiger partial charge on any atom is -0.444 e. The molecule has 1 rings (SSSR count). The summed E-state index contributed by atoms with van der Waals surface area (Å²) in [6, 6.07) is 6.92. The topological polar surface area (TPSA) is 141 Å². The normalized spacial score (nSPS) is 13.1. The second-order valence-corrected chi connectivity index (χ2v) is 5.97. The van der Waals surface area contributed by atoms with Crippen LogP contribution >= 0.6 is 0 Å². The van der Waals surface area contributed by atoms with E-state index in [1.807, 2.05) is 13.0 Å². The summed E-state index contributed by atoms with van der Waals surface area (Å²) in [4.78, 5) is 19.5. The monoisotopic (exact) mass is 320 g/mol. The largest absolute Gasteiger partial charge is 0.444 e. The number of nitrogens with one attached hydrogen (secondary N) is 1. The van der Waals surface area contributed by atoms with Gasteiger partial charge in [-0.1, -0.05) is 12.1 Å². The van der Waals surface area contributed by atoms with Crippen molar-refractivity contribution in [1.82, 2.24) is 5.32 Å². The maximum absolute atomic E-state index is 11.8. The summed E-state index contributed by atoms with van der Waals surface area (Å²) in [6.07, 6.45) is -0.487. The Morgan fingerprint density at radius 2 is 1.91 bits per heavy atom. The number of hydrogen-bond acceptors (Lipinski definition) is 3. The van der Waals surface area contributed by atoms with Crippen LogP contribution in [0.5, 0.6) is 0 Å². The standard InChI is InChI=1S/C15H24N6O2/c1-9(19-14(22)23-15(2,3)4)10-6-5-7-11(8-10)20-13(18)21-12(16)17/h5-9H,1-4H3,(H,19,22)(H6,16,17,18,20,21). The number of rotatable bonds is 3. The molecule has 1 aromatic carbocycles. The van der Waals surface area contributed by atoms with Crippen molar-refractivity contribution in [2.45, 2.75) is 39.3 Å². The summed E-state index contributed by atoms with van der Waals surface area (Å²) in [5, 5.41) is 2.76. The van der Waals surface area contributed by atoms with Gasteiger partial charge >= 0.3 is 6.09 Å². The number of nitrogens with two attached hydrogens (primary N) is 3. The van der Waals surface area contributed by atoms with Gasteiger partial charge in [0.05, 0.1) is 11.7 Å². The van der Waals surface area contributed by atoms with Gasteiger partial charge in [0.1, 0.15) is 5.60 Å². The van der Waals surface area contributed by atoms with Crippen molar-refractivity contribution < 1.29 is 9.53 Å². The zero-order valence-electron chi connectivity index (χ0n) is 13.8. The Labute approximate surface area is 135 Å². The number of aliphatic imine (C=N–C) groups is 2. The van der Waals surface area contributed by atoms with Crippen LogP contribution in [-0.2, 0) is 4.74 Å². The summed E-state index contributed by atoms with van der Waals surface area (Å²) in [6.45, 7) is 7.25. The fourth-order valence-corrected chi connectivity index (χ4v) is 1.72. The molecule has 0 aromatic heterocycles. The van der Waals surface area contributed by atoms with E-state index in [2.05, 4.69) is 15.3 Å². The summed E-state index contributed by atoms with van der Waals surface area (Å²) in [5.74, 6) is -0.211. The summed E-state index contributed by atoms with van der Waals surface area (Å²) in [5.41, 5.74) is 16.9. The molecule has 23 heavy (non-hydrogen) atoms. The number of benzene rings is 1. The molecule has 8 heteroatoms. The fourth-order valence-electron chi connectivity index (χ4n) is 1.72. The first-order valence-electron chi connectivity index (χ1n) is 7.10. The Bertz CT molecular complexity index is 615. The van der Waals surface area contributed by atoms with Crippen LogP contribution in [0.25, 0.3) is 0 Å². The predicted molar refractivity (Wildman–Crippen MR) is 91.3 cm³/mol. The van der Waals surface area contributed by atoms with Gasteiger partial charge in [0.15, 0.2) is 5.96 Å². The SMILES string of the molecule is CC(NC(=O)OC(C)(C)C)c1cccc(N=C(N)N=C(N)N)c1. The first-order valence-corrected chi connectivity index (χ1v) is 7.10. The smallest absolute Gasteiger partial charge is 0.408 e. The molecular formula is C15H24N6O2. The van der Waals surface area contributed by atoms with Crippen molar-refractivity contribution in [2.24, 2.45) is 27.2 Å². The van der Waals surface area contributed by atoms with Gasteiger partial charge in [-0.05, 0) is 45.4 Å². The molecule has 8 nitrogen and oxygen atoms in total.